The Morgan fingerprint density at radius 3 is 2.50 bits per heavy atom. The maximum Gasteiger partial charge on any atom is 0.273 e. The highest BCUT2D eigenvalue weighted by Crippen LogP contribution is 2.46. The largest absolute Gasteiger partial charge is 0.507 e. The summed E-state index contributed by atoms with van der Waals surface area (Å²) < 4.78 is 11.4. The Labute approximate surface area is 249 Å². The molecule has 8 heteroatoms. The van der Waals surface area contributed by atoms with Gasteiger partial charge in [-0.25, -0.2) is 0 Å². The molecule has 0 radical (unpaired) electrons. The minimum atomic E-state index is -0.459. The Bertz CT molecular complexity index is 1730. The van der Waals surface area contributed by atoms with Crippen molar-refractivity contribution in [2.75, 3.05) is 13.7 Å². The van der Waals surface area contributed by atoms with Crippen LogP contribution >= 0.6 is 11.6 Å². The van der Waals surface area contributed by atoms with Crippen LogP contribution in [0.25, 0.3) is 11.3 Å². The second kappa shape index (κ2) is 11.6. The number of halogens is 1. The van der Waals surface area contributed by atoms with Crippen LogP contribution < -0.4 is 9.47 Å². The van der Waals surface area contributed by atoms with Crippen molar-refractivity contribution >= 4 is 17.5 Å². The van der Waals surface area contributed by atoms with Crippen LogP contribution in [0, 0.1) is 6.92 Å². The van der Waals surface area contributed by atoms with Crippen LogP contribution in [0.2, 0.25) is 5.02 Å². The zero-order valence-electron chi connectivity index (χ0n) is 23.3. The van der Waals surface area contributed by atoms with Crippen molar-refractivity contribution < 1.29 is 19.4 Å². The Morgan fingerprint density at radius 1 is 0.952 bits per heavy atom. The van der Waals surface area contributed by atoms with Crippen molar-refractivity contribution in [1.82, 2.24) is 15.1 Å². The fraction of sp³-hybridized carbons (Fsp3) is 0.176. The van der Waals surface area contributed by atoms with Crippen molar-refractivity contribution in [1.29, 1.82) is 0 Å². The highest BCUT2D eigenvalue weighted by molar-refractivity contribution is 6.31. The minimum Gasteiger partial charge on any atom is -0.507 e. The van der Waals surface area contributed by atoms with E-state index in [0.717, 1.165) is 28.0 Å². The average molecular weight is 580 g/mol. The lowest BCUT2D eigenvalue weighted by Crippen LogP contribution is -2.31. The van der Waals surface area contributed by atoms with E-state index in [9.17, 15) is 9.90 Å². The molecule has 1 atom stereocenters. The highest BCUT2D eigenvalue weighted by Gasteiger charge is 2.42. The summed E-state index contributed by atoms with van der Waals surface area (Å²) in [6.45, 7) is 2.72. The van der Waals surface area contributed by atoms with Gasteiger partial charge in [0.05, 0.1) is 13.2 Å². The minimum absolute atomic E-state index is 0.0500. The van der Waals surface area contributed by atoms with Gasteiger partial charge in [0.25, 0.3) is 5.91 Å². The molecule has 1 aromatic heterocycles. The van der Waals surface area contributed by atoms with Gasteiger partial charge in [0.15, 0.2) is 0 Å². The van der Waals surface area contributed by atoms with Gasteiger partial charge in [0.2, 0.25) is 0 Å². The maximum atomic E-state index is 13.9. The first-order valence-corrected chi connectivity index (χ1v) is 14.1. The second-order valence-electron chi connectivity index (χ2n) is 10.3. The summed E-state index contributed by atoms with van der Waals surface area (Å²) in [5, 5.41) is 18.8. The normalized spacial score (nSPS) is 14.2. The van der Waals surface area contributed by atoms with E-state index in [-0.39, 0.29) is 11.7 Å². The maximum absolute atomic E-state index is 13.9. The molecule has 5 aromatic rings. The molecule has 4 aromatic carbocycles. The number of amides is 1. The summed E-state index contributed by atoms with van der Waals surface area (Å²) in [7, 11) is 1.64. The summed E-state index contributed by atoms with van der Waals surface area (Å²) >= 11 is 6.46. The standard InChI is InChI=1S/C34H30ClN3O4/c1-21-17-29(39)27(19-28(21)35)31-30-32(37-36-31)34(40)38(16-15-22-11-13-25(41-2)14-12-22)33(30)24-9-6-10-26(18-24)42-20-23-7-4-3-5-8-23/h3-14,17-19,33,39H,15-16,20H2,1-2H3,(H,36,37). The van der Waals surface area contributed by atoms with Crippen LogP contribution in [-0.2, 0) is 13.0 Å². The molecule has 2 N–H and O–H groups in total. The van der Waals surface area contributed by atoms with Gasteiger partial charge in [-0.15, -0.1) is 0 Å². The van der Waals surface area contributed by atoms with Crippen molar-refractivity contribution in [3.05, 3.63) is 130 Å². The van der Waals surface area contributed by atoms with Gasteiger partial charge in [0.1, 0.15) is 35.2 Å². The van der Waals surface area contributed by atoms with E-state index >= 15 is 0 Å². The fourth-order valence-electron chi connectivity index (χ4n) is 5.39. The highest BCUT2D eigenvalue weighted by atomic mass is 35.5. The number of ether oxygens (including phenoxy) is 2. The van der Waals surface area contributed by atoms with E-state index in [1.807, 2.05) is 90.7 Å². The molecule has 0 aliphatic carbocycles. The predicted octanol–water partition coefficient (Wildman–Crippen LogP) is 7.12. The molecule has 1 unspecified atom stereocenters. The molecule has 0 saturated carbocycles. The lowest BCUT2D eigenvalue weighted by atomic mass is 9.95. The Hall–Kier alpha value is -4.75. The first kappa shape index (κ1) is 27.4. The monoisotopic (exact) mass is 579 g/mol. The van der Waals surface area contributed by atoms with Gasteiger partial charge in [-0.1, -0.05) is 66.2 Å². The molecule has 1 amide bonds. The lowest BCUT2D eigenvalue weighted by molar-refractivity contribution is 0.0745. The fourth-order valence-corrected chi connectivity index (χ4v) is 5.56. The first-order chi connectivity index (χ1) is 20.4. The number of rotatable bonds is 9. The van der Waals surface area contributed by atoms with Crippen LogP contribution in [-0.4, -0.2) is 39.8 Å². The van der Waals surface area contributed by atoms with Crippen molar-refractivity contribution in [3.63, 3.8) is 0 Å². The summed E-state index contributed by atoms with van der Waals surface area (Å²) in [6, 6.07) is 28.5. The first-order valence-electron chi connectivity index (χ1n) is 13.7. The third-order valence-corrected chi connectivity index (χ3v) is 8.03. The average Bonchev–Trinajstić information content (AvgIpc) is 3.56. The molecule has 1 aliphatic heterocycles. The number of aryl methyl sites for hydroxylation is 1. The number of aromatic nitrogens is 2. The van der Waals surface area contributed by atoms with E-state index in [1.54, 1.807) is 19.2 Å². The molecule has 42 heavy (non-hydrogen) atoms. The van der Waals surface area contributed by atoms with Crippen LogP contribution in [0.4, 0.5) is 0 Å². The number of aromatic hydroxyl groups is 1. The van der Waals surface area contributed by atoms with Gasteiger partial charge in [0, 0.05) is 22.7 Å². The molecule has 0 bridgehead atoms. The summed E-state index contributed by atoms with van der Waals surface area (Å²) in [4.78, 5) is 15.7. The molecule has 212 valence electrons. The zero-order valence-corrected chi connectivity index (χ0v) is 24.1. The van der Waals surface area contributed by atoms with E-state index in [1.165, 1.54) is 0 Å². The van der Waals surface area contributed by atoms with Crippen LogP contribution in [0.1, 0.15) is 44.3 Å². The number of phenolic OH excluding ortho intramolecular Hbond substituents is 1. The van der Waals surface area contributed by atoms with Crippen molar-refractivity contribution in [3.8, 4) is 28.5 Å². The number of benzene rings is 4. The quantitative estimate of drug-likeness (QED) is 0.194. The number of carbonyl (C=O) groups is 1. The van der Waals surface area contributed by atoms with Crippen molar-refractivity contribution in [2.24, 2.45) is 0 Å². The number of carbonyl (C=O) groups excluding carboxylic acids is 1. The third kappa shape index (κ3) is 5.31. The number of H-pyrrole nitrogens is 1. The number of hydrogen-bond acceptors (Lipinski definition) is 5. The molecule has 1 aliphatic rings. The number of hydrogen-bond donors (Lipinski definition) is 2. The molecule has 6 rings (SSSR count). The number of fused-ring (bicyclic) bond motifs is 1. The smallest absolute Gasteiger partial charge is 0.273 e. The Morgan fingerprint density at radius 2 is 1.74 bits per heavy atom. The van der Waals surface area contributed by atoms with Crippen molar-refractivity contribution in [2.45, 2.75) is 26.0 Å². The Balaban J connectivity index is 1.38. The van der Waals surface area contributed by atoms with Gasteiger partial charge in [-0.2, -0.15) is 5.10 Å². The van der Waals surface area contributed by atoms with Crippen LogP contribution in [0.15, 0.2) is 91.0 Å². The van der Waals surface area contributed by atoms with Gasteiger partial charge in [-0.3, -0.25) is 9.89 Å². The van der Waals surface area contributed by atoms with E-state index in [0.29, 0.717) is 52.9 Å². The number of nitrogens with zero attached hydrogens (tertiary/aromatic N) is 2. The molecular formula is C34H30ClN3O4. The number of aromatic amines is 1. The lowest BCUT2D eigenvalue weighted by Gasteiger charge is -2.27. The predicted molar refractivity (Wildman–Crippen MR) is 162 cm³/mol. The number of nitrogens with one attached hydrogen (secondary N) is 1. The molecule has 2 heterocycles. The van der Waals surface area contributed by atoms with Gasteiger partial charge >= 0.3 is 0 Å². The summed E-state index contributed by atoms with van der Waals surface area (Å²) in [5.41, 5.74) is 5.83. The molecule has 0 spiro atoms. The number of methoxy groups -OCH3 is 1. The van der Waals surface area contributed by atoms with Gasteiger partial charge in [-0.05, 0) is 72.0 Å². The van der Waals surface area contributed by atoms with E-state index in [4.69, 9.17) is 21.1 Å². The molecule has 7 nitrogen and oxygen atoms in total. The third-order valence-electron chi connectivity index (χ3n) is 7.62. The second-order valence-corrected chi connectivity index (χ2v) is 10.7. The zero-order chi connectivity index (χ0) is 29.2. The Kier molecular flexibility index (Phi) is 7.59. The summed E-state index contributed by atoms with van der Waals surface area (Å²) in [6.07, 6.45) is 0.644. The molecule has 0 fully saturated rings. The van der Waals surface area contributed by atoms with Crippen LogP contribution in [0.5, 0.6) is 17.2 Å². The topological polar surface area (TPSA) is 87.7 Å². The number of phenols is 1. The summed E-state index contributed by atoms with van der Waals surface area (Å²) in [5.74, 6) is 1.37. The van der Waals surface area contributed by atoms with Crippen LogP contribution in [0.3, 0.4) is 0 Å². The SMILES string of the molecule is COc1ccc(CCN2C(=O)c3[nH]nc(-c4cc(Cl)c(C)cc4O)c3C2c2cccc(OCc3ccccc3)c2)cc1. The molecular weight excluding hydrogens is 550 g/mol. The van der Waals surface area contributed by atoms with E-state index < -0.39 is 6.04 Å². The van der Waals surface area contributed by atoms with E-state index in [2.05, 4.69) is 10.2 Å². The molecule has 0 saturated heterocycles. The van der Waals surface area contributed by atoms with Gasteiger partial charge < -0.3 is 19.5 Å².